The molecule has 0 saturated carbocycles. The number of rotatable bonds is 57. The van der Waals surface area contributed by atoms with Crippen molar-refractivity contribution in [3.63, 3.8) is 0 Å². The van der Waals surface area contributed by atoms with Gasteiger partial charge in [-0.3, -0.25) is 90.1 Å². The summed E-state index contributed by atoms with van der Waals surface area (Å²) < 4.78 is 110. The number of ketones is 2. The molecule has 14 atom stereocenters. The van der Waals surface area contributed by atoms with Gasteiger partial charge in [-0.1, -0.05) is 62.8 Å². The number of halogens is 2. The highest BCUT2D eigenvalue weighted by Gasteiger charge is 2.61. The molecule has 2 saturated heterocycles. The zero-order chi connectivity index (χ0) is 92.6. The molecule has 0 aliphatic carbocycles. The molecule has 0 radical (unpaired) electrons. The summed E-state index contributed by atoms with van der Waals surface area (Å²) in [6.45, 7) is 10.9. The number of terminal acetylenes is 2. The summed E-state index contributed by atoms with van der Waals surface area (Å²) in [5, 5.41) is 0. The van der Waals surface area contributed by atoms with E-state index in [1.54, 1.807) is 26.0 Å². The molecule has 37 nitrogen and oxygen atoms in total. The number of likely N-dealkylation sites (tertiary alicyclic amines) is 1. The Morgan fingerprint density at radius 1 is 0.455 bits per heavy atom. The first-order chi connectivity index (χ1) is 55.4. The maximum atomic E-state index is 15.1. The fraction of sp³-hybridized carbons (Fsp3) is 0.750. The number of esters is 10. The van der Waals surface area contributed by atoms with Crippen LogP contribution in [0.2, 0.25) is 0 Å². The number of imide groups is 1. The van der Waals surface area contributed by atoms with Crippen LogP contribution < -0.4 is 0 Å². The van der Waals surface area contributed by atoms with Gasteiger partial charge >= 0.3 is 75.3 Å². The third-order valence-corrected chi connectivity index (χ3v) is 23.3. The van der Waals surface area contributed by atoms with E-state index in [0.29, 0.717) is 22.1 Å². The normalized spacial score (nSPS) is 20.6. The monoisotopic (exact) mass is 1890 g/mol. The van der Waals surface area contributed by atoms with Crippen molar-refractivity contribution >= 4 is 131 Å². The molecule has 0 aromatic rings. The number of ether oxygens (including phenoxy) is 12. The van der Waals surface area contributed by atoms with Crippen molar-refractivity contribution in [2.45, 2.75) is 175 Å². The van der Waals surface area contributed by atoms with E-state index in [1.165, 1.54) is 76.2 Å². The average Bonchev–Trinajstić information content (AvgIpc) is 1.57. The van der Waals surface area contributed by atoms with E-state index < -0.39 is 300 Å². The summed E-state index contributed by atoms with van der Waals surface area (Å²) in [6, 6.07) is 0. The van der Waals surface area contributed by atoms with Gasteiger partial charge in [-0.2, -0.15) is 0 Å². The predicted octanol–water partition coefficient (Wildman–Crippen LogP) is 6.40. The number of carbonyl (C=O) groups is 14. The van der Waals surface area contributed by atoms with E-state index in [4.69, 9.17) is 87.8 Å². The van der Waals surface area contributed by atoms with Gasteiger partial charge in [0.25, 0.3) is 0 Å². The van der Waals surface area contributed by atoms with Gasteiger partial charge in [-0.05, 0) is 134 Å². The van der Waals surface area contributed by atoms with E-state index in [0.717, 1.165) is 11.8 Å². The van der Waals surface area contributed by atoms with Crippen LogP contribution in [0.3, 0.4) is 0 Å². The number of likely N-dealkylation sites (N-methyl/N-ethyl adjacent to an activating group) is 2. The smallest absolute Gasteiger partial charge is 0.464 e. The number of amides is 2. The molecule has 2 N–H and O–H groups in total. The van der Waals surface area contributed by atoms with Crippen LogP contribution in [0.15, 0.2) is 12.2 Å². The van der Waals surface area contributed by atoms with Crippen LogP contribution in [0.1, 0.15) is 148 Å². The minimum Gasteiger partial charge on any atom is -0.464 e. The maximum Gasteiger partial charge on any atom is 0.472 e. The standard InChI is InChI=1S/C80H121Br2N3O34P2/c1-23-30-104-55(5)74(10,47-76(12,67(95)109-37-35-105-58(88)43-53(3)86)49-79(15,81)70(98)111-39-41-117-120(100,101)115-33-28-84(17,18)19)45-72(6,7)64(92)113-51-78(14,69(97)108-32-27-83-62(90)60-56-25-26-57(119-56)61(60)63(83)91)52-114-65(93)73(8,9)46-75(11,66(94)107-31-24-2)48-77(13,68(96)110-38-36-106-59(89)44-54(4)87)50-80(16,82)71(99)112-40-42-118-121(102,103)116-34-29-85(20,21)22/h1-2,25-26,55-57,60-61H,27-52H2,3-22H3/p+2. The Bertz CT molecular complexity index is 3920. The summed E-state index contributed by atoms with van der Waals surface area (Å²) in [7, 11) is 1.76. The summed E-state index contributed by atoms with van der Waals surface area (Å²) in [5.74, 6) is -9.64. The van der Waals surface area contributed by atoms with E-state index in [9.17, 15) is 76.5 Å². The molecule has 3 rings (SSSR count). The largest absolute Gasteiger partial charge is 0.472 e. The molecule has 0 spiro atoms. The number of nitrogens with zero attached hydrogens (tertiary/aromatic N) is 3. The Balaban J connectivity index is 2.14. The van der Waals surface area contributed by atoms with Crippen molar-refractivity contribution < 1.29 is 170 Å². The van der Waals surface area contributed by atoms with Crippen molar-refractivity contribution in [1.29, 1.82) is 0 Å². The summed E-state index contributed by atoms with van der Waals surface area (Å²) >= 11 is 6.80. The van der Waals surface area contributed by atoms with Crippen molar-refractivity contribution in [2.24, 2.45) is 49.7 Å². The van der Waals surface area contributed by atoms with Gasteiger partial charge in [0.2, 0.25) is 11.8 Å². The summed E-state index contributed by atoms with van der Waals surface area (Å²) in [4.78, 5) is 214. The first-order valence-corrected chi connectivity index (χ1v) is 43.6. The van der Waals surface area contributed by atoms with Crippen molar-refractivity contribution in [3.8, 4) is 24.7 Å². The first-order valence-electron chi connectivity index (χ1n) is 39.0. The van der Waals surface area contributed by atoms with Gasteiger partial charge in [0.1, 0.15) is 131 Å². The fourth-order valence-corrected chi connectivity index (χ4v) is 17.2. The molecule has 3 heterocycles. The van der Waals surface area contributed by atoms with Gasteiger partial charge in [-0.25, -0.2) is 9.13 Å². The lowest BCUT2D eigenvalue weighted by molar-refractivity contribution is -0.870. The number of alkyl halides is 2. The van der Waals surface area contributed by atoms with Crippen molar-refractivity contribution in [2.75, 3.05) is 161 Å². The minimum absolute atomic E-state index is 0.144. The van der Waals surface area contributed by atoms with E-state index in [-0.39, 0.29) is 32.7 Å². The Labute approximate surface area is 724 Å². The molecular formula is C80H123Br2N3O34P2+2. The van der Waals surface area contributed by atoms with Gasteiger partial charge in [0.15, 0.2) is 6.61 Å². The number of phosphoric ester groups is 2. The predicted molar refractivity (Wildman–Crippen MR) is 434 cm³/mol. The lowest BCUT2D eigenvalue weighted by Gasteiger charge is -2.46. The van der Waals surface area contributed by atoms with Crippen LogP contribution in [-0.4, -0.2) is 295 Å². The van der Waals surface area contributed by atoms with Crippen molar-refractivity contribution in [3.05, 3.63) is 12.2 Å². The zero-order valence-corrected chi connectivity index (χ0v) is 78.0. The highest BCUT2D eigenvalue weighted by Crippen LogP contribution is 2.53. The molecule has 41 heteroatoms. The molecule has 2 amide bonds. The highest BCUT2D eigenvalue weighted by molar-refractivity contribution is 9.10. The average molecular weight is 1890 g/mol. The van der Waals surface area contributed by atoms with Crippen LogP contribution in [0.5, 0.6) is 0 Å². The second kappa shape index (κ2) is 45.3. The van der Waals surface area contributed by atoms with Crippen LogP contribution in [0.4, 0.5) is 0 Å². The molecular weight excluding hydrogens is 1770 g/mol. The van der Waals surface area contributed by atoms with E-state index in [1.807, 2.05) is 42.3 Å². The molecule has 3 aliphatic rings. The Kier molecular flexibility index (Phi) is 40.5. The molecule has 0 aromatic heterocycles. The third kappa shape index (κ3) is 34.8. The number of hydrogen-bond acceptors (Lipinski definition) is 32. The lowest BCUT2D eigenvalue weighted by atomic mass is 9.62. The second-order valence-corrected chi connectivity index (χ2v) is 42.1. The SMILES string of the molecule is C#CCOC(=O)C(C)(CC(C)(C)C(=O)OCC(C)(COC(=O)C(C)(C)CC(C)(CC(C)(CC(C)(Br)C(=O)OCCOP(=O)(O)OCC[N+](C)(C)C)C(=O)OCCOC(=O)CC(C)=O)C(C)OCC#C)C(=O)OCCN1C(=O)C2C3C=CC(O3)C2C1=O)CC(C)(CC(C)(Br)C(=O)OCCOP(=O)(O)OCC[N+](C)(C)C)C(=O)OCCOC(=O)CC(C)=O. The Morgan fingerprint density at radius 2 is 0.793 bits per heavy atom. The minimum atomic E-state index is -4.63. The van der Waals surface area contributed by atoms with Crippen LogP contribution in [0.25, 0.3) is 0 Å². The highest BCUT2D eigenvalue weighted by atomic mass is 79.9. The number of quaternary nitrogens is 2. The number of fused-ring (bicyclic) bond motifs is 5. The van der Waals surface area contributed by atoms with Gasteiger partial charge in [0.05, 0.1) is 119 Å². The molecule has 3 aliphatic heterocycles. The number of Topliss-reactive ketones (excluding diaryl/α,β-unsaturated/α-hetero) is 2. The van der Waals surface area contributed by atoms with E-state index in [2.05, 4.69) is 43.7 Å². The molecule has 2 bridgehead atoms. The summed E-state index contributed by atoms with van der Waals surface area (Å²) in [5.41, 5.74) is -13.1. The van der Waals surface area contributed by atoms with Crippen molar-refractivity contribution in [1.82, 2.24) is 4.90 Å². The topological polar surface area (TPSA) is 465 Å². The van der Waals surface area contributed by atoms with E-state index >= 15 is 9.59 Å². The van der Waals surface area contributed by atoms with Crippen LogP contribution in [0, 0.1) is 74.4 Å². The summed E-state index contributed by atoms with van der Waals surface area (Å²) in [6.07, 6.45) is 8.24. The molecule has 684 valence electrons. The second-order valence-electron chi connectivity index (χ2n) is 35.7. The van der Waals surface area contributed by atoms with Gasteiger partial charge in [-0.15, -0.1) is 12.8 Å². The van der Waals surface area contributed by atoms with Crippen LogP contribution >= 0.6 is 47.5 Å². The number of carbonyl (C=O) groups excluding carboxylic acids is 14. The van der Waals surface area contributed by atoms with Crippen LogP contribution in [-0.2, 0) is 151 Å². The molecule has 0 aromatic carbocycles. The van der Waals surface area contributed by atoms with Gasteiger partial charge < -0.3 is 75.6 Å². The Hall–Kier alpha value is -6.94. The third-order valence-electron chi connectivity index (χ3n) is 20.0. The number of hydrogen-bond donors (Lipinski definition) is 2. The molecule has 121 heavy (non-hydrogen) atoms. The first kappa shape index (κ1) is 108. The molecule has 2 fully saturated rings. The lowest BCUT2D eigenvalue weighted by Crippen LogP contribution is -2.49. The fourth-order valence-electron chi connectivity index (χ4n) is 14.4. The quantitative estimate of drug-likeness (QED) is 0.00635. The maximum absolute atomic E-state index is 15.1. The zero-order valence-electron chi connectivity index (χ0n) is 73.0. The van der Waals surface area contributed by atoms with Gasteiger partial charge in [0, 0.05) is 0 Å². The Morgan fingerprint density at radius 3 is 1.19 bits per heavy atom. The molecule has 14 unspecified atom stereocenters. The number of phosphoric acid groups is 2.